The van der Waals surface area contributed by atoms with Crippen LogP contribution < -0.4 is 15.0 Å². The van der Waals surface area contributed by atoms with Gasteiger partial charge in [0.05, 0.1) is 7.11 Å². The molecule has 7 heteroatoms. The lowest BCUT2D eigenvalue weighted by atomic mass is 10.0. The fourth-order valence-electron chi connectivity index (χ4n) is 3.26. The minimum atomic E-state index is 0.462. The first-order chi connectivity index (χ1) is 12.2. The Kier molecular flexibility index (Phi) is 4.13. The molecule has 0 saturated carbocycles. The first-order valence-electron chi connectivity index (χ1n) is 8.57. The Hall–Kier alpha value is -2.83. The number of fused-ring (bicyclic) bond motifs is 1. The number of piperidine rings is 1. The summed E-state index contributed by atoms with van der Waals surface area (Å²) in [5, 5.41) is 16.4. The number of rotatable bonds is 4. The van der Waals surface area contributed by atoms with Crippen molar-refractivity contribution in [1.29, 1.82) is 0 Å². The molecule has 4 rings (SSSR count). The molecule has 1 fully saturated rings. The van der Waals surface area contributed by atoms with E-state index in [1.54, 1.807) is 11.6 Å². The second-order valence-corrected chi connectivity index (χ2v) is 6.35. The number of hydrogen-bond donors (Lipinski definition) is 1. The maximum Gasteiger partial charge on any atom is 0.178 e. The normalized spacial score (nSPS) is 15.5. The molecule has 3 heterocycles. The summed E-state index contributed by atoms with van der Waals surface area (Å²) in [6.45, 7) is 3.86. The van der Waals surface area contributed by atoms with E-state index >= 15 is 0 Å². The van der Waals surface area contributed by atoms with Crippen molar-refractivity contribution >= 4 is 17.2 Å². The van der Waals surface area contributed by atoms with E-state index in [2.05, 4.69) is 31.6 Å². The predicted molar refractivity (Wildman–Crippen MR) is 97.4 cm³/mol. The van der Waals surface area contributed by atoms with Gasteiger partial charge in [0.15, 0.2) is 11.5 Å². The van der Waals surface area contributed by atoms with Gasteiger partial charge in [0.2, 0.25) is 0 Å². The Labute approximate surface area is 146 Å². The fourth-order valence-corrected chi connectivity index (χ4v) is 3.26. The summed E-state index contributed by atoms with van der Waals surface area (Å²) >= 11 is 0. The molecule has 0 amide bonds. The second kappa shape index (κ2) is 6.58. The standard InChI is InChI=1S/C18H22N6O/c1-13-20-21-17-6-7-18(22-24(13)17)23-10-8-14(9-11-23)19-15-4-3-5-16(12-15)25-2/h3-7,12,14,19H,8-11H2,1-2H3. The quantitative estimate of drug-likeness (QED) is 0.788. The molecule has 0 spiro atoms. The third kappa shape index (κ3) is 3.22. The van der Waals surface area contributed by atoms with Gasteiger partial charge < -0.3 is 15.0 Å². The van der Waals surface area contributed by atoms with Crippen LogP contribution in [-0.4, -0.2) is 46.1 Å². The molecule has 130 valence electrons. The molecule has 3 aromatic rings. The highest BCUT2D eigenvalue weighted by Crippen LogP contribution is 2.23. The van der Waals surface area contributed by atoms with Crippen molar-refractivity contribution in [2.24, 2.45) is 0 Å². The van der Waals surface area contributed by atoms with Crippen molar-refractivity contribution < 1.29 is 4.74 Å². The topological polar surface area (TPSA) is 67.6 Å². The van der Waals surface area contributed by atoms with Gasteiger partial charge in [0.1, 0.15) is 11.6 Å². The van der Waals surface area contributed by atoms with Gasteiger partial charge in [-0.2, -0.15) is 4.52 Å². The van der Waals surface area contributed by atoms with Crippen LogP contribution in [0.5, 0.6) is 5.75 Å². The van der Waals surface area contributed by atoms with E-state index in [0.717, 1.165) is 54.7 Å². The van der Waals surface area contributed by atoms with E-state index in [4.69, 9.17) is 4.74 Å². The monoisotopic (exact) mass is 338 g/mol. The lowest BCUT2D eigenvalue weighted by Gasteiger charge is -2.33. The van der Waals surface area contributed by atoms with E-state index in [-0.39, 0.29) is 0 Å². The highest BCUT2D eigenvalue weighted by atomic mass is 16.5. The second-order valence-electron chi connectivity index (χ2n) is 6.35. The zero-order valence-electron chi connectivity index (χ0n) is 14.5. The van der Waals surface area contributed by atoms with Crippen LogP contribution in [0.25, 0.3) is 5.65 Å². The first kappa shape index (κ1) is 15.7. The Morgan fingerprint density at radius 1 is 1.12 bits per heavy atom. The number of methoxy groups -OCH3 is 1. The van der Waals surface area contributed by atoms with Crippen LogP contribution in [-0.2, 0) is 0 Å². The average molecular weight is 338 g/mol. The smallest absolute Gasteiger partial charge is 0.178 e. The number of aromatic nitrogens is 4. The highest BCUT2D eigenvalue weighted by molar-refractivity contribution is 5.50. The molecule has 25 heavy (non-hydrogen) atoms. The third-order valence-electron chi connectivity index (χ3n) is 4.66. The number of nitrogens with zero attached hydrogens (tertiary/aromatic N) is 5. The van der Waals surface area contributed by atoms with E-state index < -0.39 is 0 Å². The minimum Gasteiger partial charge on any atom is -0.497 e. The van der Waals surface area contributed by atoms with E-state index in [0.29, 0.717) is 6.04 Å². The Morgan fingerprint density at radius 3 is 2.76 bits per heavy atom. The molecule has 1 N–H and O–H groups in total. The van der Waals surface area contributed by atoms with Crippen LogP contribution in [0.4, 0.5) is 11.5 Å². The van der Waals surface area contributed by atoms with Crippen LogP contribution >= 0.6 is 0 Å². The summed E-state index contributed by atoms with van der Waals surface area (Å²) in [6.07, 6.45) is 2.14. The van der Waals surface area contributed by atoms with Gasteiger partial charge in [-0.3, -0.25) is 0 Å². The van der Waals surface area contributed by atoms with Crippen LogP contribution in [0.2, 0.25) is 0 Å². The molecule has 2 aromatic heterocycles. The maximum atomic E-state index is 5.29. The lowest BCUT2D eigenvalue weighted by Crippen LogP contribution is -2.39. The van der Waals surface area contributed by atoms with Crippen molar-refractivity contribution in [2.45, 2.75) is 25.8 Å². The van der Waals surface area contributed by atoms with Crippen molar-refractivity contribution in [2.75, 3.05) is 30.4 Å². The van der Waals surface area contributed by atoms with Crippen LogP contribution in [0.1, 0.15) is 18.7 Å². The van der Waals surface area contributed by atoms with E-state index in [9.17, 15) is 0 Å². The largest absolute Gasteiger partial charge is 0.497 e. The first-order valence-corrected chi connectivity index (χ1v) is 8.57. The summed E-state index contributed by atoms with van der Waals surface area (Å²) in [5.41, 5.74) is 1.90. The molecule has 0 bridgehead atoms. The number of hydrogen-bond acceptors (Lipinski definition) is 6. The summed E-state index contributed by atoms with van der Waals surface area (Å²) in [5.74, 6) is 2.67. The number of ether oxygens (including phenoxy) is 1. The zero-order chi connectivity index (χ0) is 17.2. The van der Waals surface area contributed by atoms with Crippen LogP contribution in [0.3, 0.4) is 0 Å². The van der Waals surface area contributed by atoms with E-state index in [1.165, 1.54) is 0 Å². The summed E-state index contributed by atoms with van der Waals surface area (Å²) < 4.78 is 7.09. The van der Waals surface area contributed by atoms with Gasteiger partial charge in [-0.05, 0) is 44.0 Å². The van der Waals surface area contributed by atoms with Crippen molar-refractivity contribution in [1.82, 2.24) is 19.8 Å². The molecule has 1 aliphatic heterocycles. The molecule has 0 unspecified atom stereocenters. The predicted octanol–water partition coefficient (Wildman–Crippen LogP) is 2.52. The van der Waals surface area contributed by atoms with Gasteiger partial charge >= 0.3 is 0 Å². The Morgan fingerprint density at radius 2 is 1.96 bits per heavy atom. The number of aryl methyl sites for hydroxylation is 1. The Bertz CT molecular complexity index is 869. The molecule has 0 atom stereocenters. The van der Waals surface area contributed by atoms with Crippen LogP contribution in [0, 0.1) is 6.92 Å². The van der Waals surface area contributed by atoms with Gasteiger partial charge in [-0.1, -0.05) is 6.07 Å². The van der Waals surface area contributed by atoms with Crippen molar-refractivity contribution in [3.8, 4) is 5.75 Å². The zero-order valence-corrected chi connectivity index (χ0v) is 14.5. The van der Waals surface area contributed by atoms with E-state index in [1.807, 2.05) is 37.3 Å². The Balaban J connectivity index is 1.41. The van der Waals surface area contributed by atoms with Gasteiger partial charge in [-0.15, -0.1) is 15.3 Å². The molecule has 0 aliphatic carbocycles. The van der Waals surface area contributed by atoms with Crippen molar-refractivity contribution in [3.05, 3.63) is 42.2 Å². The highest BCUT2D eigenvalue weighted by Gasteiger charge is 2.20. The summed E-state index contributed by atoms with van der Waals surface area (Å²) in [4.78, 5) is 2.32. The minimum absolute atomic E-state index is 0.462. The van der Waals surface area contributed by atoms with Crippen molar-refractivity contribution in [3.63, 3.8) is 0 Å². The number of benzene rings is 1. The molecule has 1 aromatic carbocycles. The van der Waals surface area contributed by atoms with Gasteiger partial charge in [0.25, 0.3) is 0 Å². The molecular formula is C18H22N6O. The molecule has 7 nitrogen and oxygen atoms in total. The number of anilines is 2. The average Bonchev–Trinajstić information content (AvgIpc) is 3.03. The SMILES string of the molecule is COc1cccc(NC2CCN(c3ccc4nnc(C)n4n3)CC2)c1. The van der Waals surface area contributed by atoms with Gasteiger partial charge in [0, 0.05) is 30.9 Å². The molecule has 1 aliphatic rings. The maximum absolute atomic E-state index is 5.29. The van der Waals surface area contributed by atoms with Crippen LogP contribution in [0.15, 0.2) is 36.4 Å². The molecular weight excluding hydrogens is 316 g/mol. The molecule has 0 radical (unpaired) electrons. The fraction of sp³-hybridized carbons (Fsp3) is 0.389. The third-order valence-corrected chi connectivity index (χ3v) is 4.66. The molecule has 1 saturated heterocycles. The van der Waals surface area contributed by atoms with Gasteiger partial charge in [-0.25, -0.2) is 0 Å². The number of nitrogens with one attached hydrogen (secondary N) is 1. The lowest BCUT2D eigenvalue weighted by molar-refractivity contribution is 0.415. The summed E-state index contributed by atoms with van der Waals surface area (Å²) in [6, 6.07) is 12.6. The summed E-state index contributed by atoms with van der Waals surface area (Å²) in [7, 11) is 1.69.